The van der Waals surface area contributed by atoms with Gasteiger partial charge in [0.2, 0.25) is 15.9 Å². The van der Waals surface area contributed by atoms with Crippen LogP contribution in [0, 0.1) is 0 Å². The molecule has 0 saturated carbocycles. The first-order valence-electron chi connectivity index (χ1n) is 15.5. The van der Waals surface area contributed by atoms with Crippen LogP contribution in [0.4, 0.5) is 22.7 Å². The molecule has 4 aromatic rings. The number of nitrogens with one attached hydrogen (secondary N) is 3. The van der Waals surface area contributed by atoms with Gasteiger partial charge in [-0.2, -0.15) is 0 Å². The topological polar surface area (TPSA) is 145 Å². The molecule has 0 radical (unpaired) electrons. The minimum Gasteiger partial charge on any atom is -0.354 e. The highest BCUT2D eigenvalue weighted by Gasteiger charge is 2.31. The molecule has 2 aliphatic heterocycles. The fraction of sp³-hybridized carbons (Fsp3) is 0.200. The zero-order chi connectivity index (χ0) is 33.9. The molecule has 0 spiro atoms. The molecule has 48 heavy (non-hydrogen) atoms. The second-order valence-electron chi connectivity index (χ2n) is 11.6. The number of benzene rings is 4. The molecule has 0 unspecified atom stereocenters. The first-order chi connectivity index (χ1) is 23.0. The molecule has 0 aromatic heterocycles. The predicted octanol–water partition coefficient (Wildman–Crippen LogP) is 5.20. The summed E-state index contributed by atoms with van der Waals surface area (Å²) in [7, 11) is -7.75. The zero-order valence-corrected chi connectivity index (χ0v) is 27.9. The first-order valence-corrected chi connectivity index (χ1v) is 18.8. The standard InChI is InChI=1S/C35H35N5O6S2/c1-47(43,44)40(24-32(41)39-21-9-4-10-22-39)28-17-15-26(16-18-28)36-34(25-11-5-2-6-12-25)33-30-23-29(19-20-31(30)37-35(33)42)48(45,46)38-27-13-7-3-8-14-27/h2-3,5-8,11-20,23,36,38H,4,9-10,21-22,24H2,1H3,(H,37,42)/b34-33-. The number of amides is 2. The lowest BCUT2D eigenvalue weighted by atomic mass is 10.00. The second-order valence-corrected chi connectivity index (χ2v) is 15.2. The van der Waals surface area contributed by atoms with Crippen molar-refractivity contribution >= 4 is 65.9 Å². The summed E-state index contributed by atoms with van der Waals surface area (Å²) in [4.78, 5) is 28.2. The predicted molar refractivity (Wildman–Crippen MR) is 188 cm³/mol. The maximum Gasteiger partial charge on any atom is 0.261 e. The van der Waals surface area contributed by atoms with E-state index < -0.39 is 26.0 Å². The lowest BCUT2D eigenvalue weighted by Gasteiger charge is -2.30. The van der Waals surface area contributed by atoms with E-state index >= 15 is 0 Å². The van der Waals surface area contributed by atoms with Gasteiger partial charge < -0.3 is 15.5 Å². The van der Waals surface area contributed by atoms with Crippen LogP contribution >= 0.6 is 0 Å². The number of nitrogens with zero attached hydrogens (tertiary/aromatic N) is 2. The Bertz CT molecular complexity index is 2080. The molecule has 1 fully saturated rings. The molecule has 248 valence electrons. The van der Waals surface area contributed by atoms with Crippen molar-refractivity contribution in [1.82, 2.24) is 4.90 Å². The third-order valence-electron chi connectivity index (χ3n) is 8.20. The van der Waals surface area contributed by atoms with E-state index in [-0.39, 0.29) is 22.9 Å². The Kier molecular flexibility index (Phi) is 9.24. The van der Waals surface area contributed by atoms with E-state index in [1.807, 2.05) is 30.3 Å². The third kappa shape index (κ3) is 7.21. The highest BCUT2D eigenvalue weighted by atomic mass is 32.2. The lowest BCUT2D eigenvalue weighted by Crippen LogP contribution is -2.44. The van der Waals surface area contributed by atoms with Crippen molar-refractivity contribution < 1.29 is 26.4 Å². The number of carbonyl (C=O) groups excluding carboxylic acids is 2. The summed E-state index contributed by atoms with van der Waals surface area (Å²) < 4.78 is 55.8. The molecular weight excluding hydrogens is 651 g/mol. The van der Waals surface area contributed by atoms with E-state index in [1.54, 1.807) is 65.6 Å². The number of carbonyl (C=O) groups is 2. The van der Waals surface area contributed by atoms with Crippen molar-refractivity contribution in [2.24, 2.45) is 0 Å². The summed E-state index contributed by atoms with van der Waals surface area (Å²) in [6, 6.07) is 28.6. The van der Waals surface area contributed by atoms with Crippen molar-refractivity contribution in [2.45, 2.75) is 24.2 Å². The fourth-order valence-electron chi connectivity index (χ4n) is 5.79. The third-order valence-corrected chi connectivity index (χ3v) is 10.7. The van der Waals surface area contributed by atoms with E-state index in [9.17, 15) is 26.4 Å². The van der Waals surface area contributed by atoms with Crippen molar-refractivity contribution in [3.05, 3.63) is 114 Å². The molecule has 6 rings (SSSR count). The van der Waals surface area contributed by atoms with Crippen molar-refractivity contribution in [2.75, 3.05) is 45.6 Å². The summed E-state index contributed by atoms with van der Waals surface area (Å²) in [6.07, 6.45) is 3.91. The van der Waals surface area contributed by atoms with Crippen LogP contribution in [-0.4, -0.2) is 59.4 Å². The Labute approximate surface area is 280 Å². The number of hydrogen-bond acceptors (Lipinski definition) is 7. The van der Waals surface area contributed by atoms with Crippen LogP contribution in [0.2, 0.25) is 0 Å². The highest BCUT2D eigenvalue weighted by molar-refractivity contribution is 7.92. The Hall–Kier alpha value is -5.14. The second kappa shape index (κ2) is 13.5. The minimum absolute atomic E-state index is 0.0177. The van der Waals surface area contributed by atoms with Gasteiger partial charge in [-0.15, -0.1) is 0 Å². The van der Waals surface area contributed by atoms with Gasteiger partial charge in [-0.05, 0) is 79.4 Å². The van der Waals surface area contributed by atoms with Crippen molar-refractivity contribution in [3.63, 3.8) is 0 Å². The number of fused-ring (bicyclic) bond motifs is 1. The molecule has 0 aliphatic carbocycles. The van der Waals surface area contributed by atoms with E-state index in [4.69, 9.17) is 0 Å². The summed E-state index contributed by atoms with van der Waals surface area (Å²) in [5.74, 6) is -0.664. The number of piperidine rings is 1. The van der Waals surface area contributed by atoms with E-state index in [1.165, 1.54) is 12.1 Å². The van der Waals surface area contributed by atoms with Crippen LogP contribution in [0.15, 0.2) is 108 Å². The Morgan fingerprint density at radius 1 is 0.812 bits per heavy atom. The number of likely N-dealkylation sites (tertiary alicyclic amines) is 1. The molecule has 1 saturated heterocycles. The smallest absolute Gasteiger partial charge is 0.261 e. The summed E-state index contributed by atoms with van der Waals surface area (Å²) in [5, 5.41) is 6.15. The van der Waals surface area contributed by atoms with Gasteiger partial charge in [-0.25, -0.2) is 16.8 Å². The fourth-order valence-corrected chi connectivity index (χ4v) is 7.72. The Balaban J connectivity index is 1.34. The molecule has 13 heteroatoms. The van der Waals surface area contributed by atoms with Crippen molar-refractivity contribution in [1.29, 1.82) is 0 Å². The number of hydrogen-bond donors (Lipinski definition) is 3. The molecule has 3 N–H and O–H groups in total. The molecule has 4 aromatic carbocycles. The molecule has 2 aliphatic rings. The van der Waals surface area contributed by atoms with Crippen molar-refractivity contribution in [3.8, 4) is 0 Å². The van der Waals surface area contributed by atoms with Crippen LogP contribution in [0.5, 0.6) is 0 Å². The lowest BCUT2D eigenvalue weighted by molar-refractivity contribution is -0.130. The van der Waals surface area contributed by atoms with E-state index in [0.717, 1.165) is 29.8 Å². The largest absolute Gasteiger partial charge is 0.354 e. The summed E-state index contributed by atoms with van der Waals surface area (Å²) >= 11 is 0. The first kappa shape index (κ1) is 32.8. The molecule has 0 bridgehead atoms. The van der Waals surface area contributed by atoms with Gasteiger partial charge in [0.1, 0.15) is 6.54 Å². The zero-order valence-electron chi connectivity index (χ0n) is 26.2. The SMILES string of the molecule is CS(=O)(=O)N(CC(=O)N1CCCCC1)c1ccc(N/C(=C2\C(=O)Nc3ccc(S(=O)(=O)Nc4ccccc4)cc32)c2ccccc2)cc1. The van der Waals surface area contributed by atoms with Crippen LogP contribution in [-0.2, 0) is 29.6 Å². The van der Waals surface area contributed by atoms with Gasteiger partial charge in [0.25, 0.3) is 15.9 Å². The molecular formula is C35H35N5O6S2. The van der Waals surface area contributed by atoms with Crippen LogP contribution in [0.1, 0.15) is 30.4 Å². The summed E-state index contributed by atoms with van der Waals surface area (Å²) in [5.41, 5.74) is 3.46. The average molecular weight is 686 g/mol. The number of para-hydroxylation sites is 1. The average Bonchev–Trinajstić information content (AvgIpc) is 3.41. The number of sulfonamides is 2. The minimum atomic E-state index is -3.98. The highest BCUT2D eigenvalue weighted by Crippen LogP contribution is 2.39. The monoisotopic (exact) mass is 685 g/mol. The molecule has 2 amide bonds. The van der Waals surface area contributed by atoms with Crippen LogP contribution < -0.4 is 19.7 Å². The Morgan fingerprint density at radius 3 is 2.10 bits per heavy atom. The maximum atomic E-state index is 13.5. The van der Waals surface area contributed by atoms with Gasteiger partial charge in [-0.1, -0.05) is 48.5 Å². The normalized spacial score (nSPS) is 15.7. The number of rotatable bonds is 10. The molecule has 0 atom stereocenters. The van der Waals surface area contributed by atoms with Gasteiger partial charge >= 0.3 is 0 Å². The number of anilines is 4. The Morgan fingerprint density at radius 2 is 1.46 bits per heavy atom. The van der Waals surface area contributed by atoms with Gasteiger partial charge in [-0.3, -0.25) is 18.6 Å². The quantitative estimate of drug-likeness (QED) is 0.195. The van der Waals surface area contributed by atoms with Gasteiger partial charge in [0, 0.05) is 35.7 Å². The molecule has 2 heterocycles. The molecule has 11 nitrogen and oxygen atoms in total. The van der Waals surface area contributed by atoms with Crippen LogP contribution in [0.25, 0.3) is 11.3 Å². The van der Waals surface area contributed by atoms with Gasteiger partial charge in [0.15, 0.2) is 0 Å². The van der Waals surface area contributed by atoms with E-state index in [2.05, 4.69) is 15.4 Å². The van der Waals surface area contributed by atoms with Gasteiger partial charge in [0.05, 0.1) is 28.1 Å². The maximum absolute atomic E-state index is 13.5. The summed E-state index contributed by atoms with van der Waals surface area (Å²) in [6.45, 7) is 0.931. The van der Waals surface area contributed by atoms with Crippen LogP contribution in [0.3, 0.4) is 0 Å². The van der Waals surface area contributed by atoms with E-state index in [0.29, 0.717) is 52.7 Å².